The molecule has 1 rings (SSSR count). The first-order chi connectivity index (χ1) is 4.14. The molecule has 0 spiro atoms. The van der Waals surface area contributed by atoms with Gasteiger partial charge in [-0.15, -0.1) is 0 Å². The van der Waals surface area contributed by atoms with Gasteiger partial charge in [0.15, 0.2) is 9.84 Å². The van der Waals surface area contributed by atoms with Crippen LogP contribution >= 0.6 is 0 Å². The fourth-order valence-corrected chi connectivity index (χ4v) is 2.15. The van der Waals surface area contributed by atoms with Gasteiger partial charge in [0, 0.05) is 6.42 Å². The predicted molar refractivity (Wildman–Crippen MR) is 32.5 cm³/mol. The third-order valence-electron chi connectivity index (χ3n) is 1.23. The number of sulfone groups is 1. The van der Waals surface area contributed by atoms with Gasteiger partial charge < -0.3 is 5.21 Å². The molecule has 1 saturated heterocycles. The number of rotatable bonds is 0. The van der Waals surface area contributed by atoms with Gasteiger partial charge in [0.05, 0.1) is 17.2 Å². The van der Waals surface area contributed by atoms with Crippen molar-refractivity contribution in [3.05, 3.63) is 0 Å². The van der Waals surface area contributed by atoms with E-state index in [1.165, 1.54) is 0 Å². The van der Waals surface area contributed by atoms with Crippen LogP contribution in [-0.2, 0) is 9.84 Å². The molecule has 0 bridgehead atoms. The highest BCUT2D eigenvalue weighted by Crippen LogP contribution is 2.06. The van der Waals surface area contributed by atoms with Crippen LogP contribution in [0.15, 0.2) is 5.16 Å². The molecule has 0 unspecified atom stereocenters. The molecule has 0 amide bonds. The van der Waals surface area contributed by atoms with Crippen molar-refractivity contribution >= 4 is 15.5 Å². The standard InChI is InChI=1S/C4H7NO3S/c6-5-4-1-2-9(7,8)3-4/h6H,1-3H2/b5-4-. The van der Waals surface area contributed by atoms with Crippen molar-refractivity contribution in [3.8, 4) is 0 Å². The van der Waals surface area contributed by atoms with E-state index in [1.807, 2.05) is 0 Å². The van der Waals surface area contributed by atoms with Crippen LogP contribution in [0.5, 0.6) is 0 Å². The molecule has 0 aromatic rings. The average Bonchev–Trinajstić information content (AvgIpc) is 2.10. The molecule has 1 aliphatic heterocycles. The zero-order chi connectivity index (χ0) is 6.91. The van der Waals surface area contributed by atoms with E-state index in [0.29, 0.717) is 12.1 Å². The van der Waals surface area contributed by atoms with Crippen molar-refractivity contribution in [2.75, 3.05) is 11.5 Å². The molecule has 9 heavy (non-hydrogen) atoms. The largest absolute Gasteiger partial charge is 0.411 e. The van der Waals surface area contributed by atoms with Crippen molar-refractivity contribution in [3.63, 3.8) is 0 Å². The highest BCUT2D eigenvalue weighted by Gasteiger charge is 2.23. The molecule has 4 nitrogen and oxygen atoms in total. The van der Waals surface area contributed by atoms with Crippen molar-refractivity contribution in [2.24, 2.45) is 5.16 Å². The van der Waals surface area contributed by atoms with Gasteiger partial charge in [-0.1, -0.05) is 5.16 Å². The minimum absolute atomic E-state index is 0.0660. The van der Waals surface area contributed by atoms with Gasteiger partial charge in [-0.05, 0) is 0 Å². The molecule has 1 fully saturated rings. The second kappa shape index (κ2) is 1.98. The average molecular weight is 149 g/mol. The molecule has 0 saturated carbocycles. The second-order valence-corrected chi connectivity index (χ2v) is 4.19. The lowest BCUT2D eigenvalue weighted by atomic mass is 10.3. The first-order valence-electron chi connectivity index (χ1n) is 2.54. The molecule has 0 aliphatic carbocycles. The Hall–Kier alpha value is -0.580. The van der Waals surface area contributed by atoms with Gasteiger partial charge >= 0.3 is 0 Å². The van der Waals surface area contributed by atoms with Crippen molar-refractivity contribution in [2.45, 2.75) is 6.42 Å². The Morgan fingerprint density at radius 3 is 2.44 bits per heavy atom. The van der Waals surface area contributed by atoms with E-state index in [2.05, 4.69) is 5.16 Å². The van der Waals surface area contributed by atoms with Crippen LogP contribution in [0.1, 0.15) is 6.42 Å². The van der Waals surface area contributed by atoms with Crippen molar-refractivity contribution < 1.29 is 13.6 Å². The summed E-state index contributed by atoms with van der Waals surface area (Å²) in [6, 6.07) is 0. The minimum Gasteiger partial charge on any atom is -0.411 e. The quantitative estimate of drug-likeness (QED) is 0.377. The molecule has 1 N–H and O–H groups in total. The molecular weight excluding hydrogens is 142 g/mol. The van der Waals surface area contributed by atoms with Crippen molar-refractivity contribution in [1.29, 1.82) is 0 Å². The van der Waals surface area contributed by atoms with E-state index in [4.69, 9.17) is 5.21 Å². The lowest BCUT2D eigenvalue weighted by Gasteiger charge is -1.83. The topological polar surface area (TPSA) is 66.7 Å². The number of hydrogen-bond acceptors (Lipinski definition) is 4. The molecule has 52 valence electrons. The first-order valence-corrected chi connectivity index (χ1v) is 4.36. The maximum atomic E-state index is 10.6. The molecule has 0 radical (unpaired) electrons. The maximum absolute atomic E-state index is 10.6. The van der Waals surface area contributed by atoms with Gasteiger partial charge in [0.2, 0.25) is 0 Å². The second-order valence-electron chi connectivity index (χ2n) is 2.01. The Morgan fingerprint density at radius 1 is 1.56 bits per heavy atom. The lowest BCUT2D eigenvalue weighted by molar-refractivity contribution is 0.318. The number of hydrogen-bond donors (Lipinski definition) is 1. The Labute approximate surface area is 53.1 Å². The van der Waals surface area contributed by atoms with Gasteiger partial charge in [0.25, 0.3) is 0 Å². The number of oxime groups is 1. The molecule has 5 heteroatoms. The maximum Gasteiger partial charge on any atom is 0.156 e. The summed E-state index contributed by atoms with van der Waals surface area (Å²) < 4.78 is 21.2. The summed E-state index contributed by atoms with van der Waals surface area (Å²) in [6.45, 7) is 0. The Morgan fingerprint density at radius 2 is 2.22 bits per heavy atom. The van der Waals surface area contributed by atoms with Gasteiger partial charge in [-0.3, -0.25) is 0 Å². The Kier molecular flexibility index (Phi) is 1.44. The van der Waals surface area contributed by atoms with Crippen LogP contribution < -0.4 is 0 Å². The van der Waals surface area contributed by atoms with Gasteiger partial charge in [0.1, 0.15) is 0 Å². The molecular formula is C4H7NO3S. The van der Waals surface area contributed by atoms with E-state index in [0.717, 1.165) is 0 Å². The third kappa shape index (κ3) is 1.41. The molecule has 1 heterocycles. The zero-order valence-corrected chi connectivity index (χ0v) is 5.56. The highest BCUT2D eigenvalue weighted by molar-refractivity contribution is 7.92. The summed E-state index contributed by atoms with van der Waals surface area (Å²) >= 11 is 0. The summed E-state index contributed by atoms with van der Waals surface area (Å²) in [6.07, 6.45) is 0.388. The monoisotopic (exact) mass is 149 g/mol. The summed E-state index contributed by atoms with van der Waals surface area (Å²) in [5.74, 6) is 0.0654. The fraction of sp³-hybridized carbons (Fsp3) is 0.750. The van der Waals surface area contributed by atoms with Crippen LogP contribution in [0.2, 0.25) is 0 Å². The van der Waals surface area contributed by atoms with Gasteiger partial charge in [-0.2, -0.15) is 0 Å². The first kappa shape index (κ1) is 6.54. The van der Waals surface area contributed by atoms with Crippen LogP contribution in [0.4, 0.5) is 0 Å². The van der Waals surface area contributed by atoms with Crippen LogP contribution in [0.25, 0.3) is 0 Å². The Bertz CT molecular complexity index is 228. The SMILES string of the molecule is O=S1(=O)CC/C(=N/O)C1. The van der Waals surface area contributed by atoms with Crippen LogP contribution in [-0.4, -0.2) is 30.8 Å². The normalized spacial score (nSPS) is 29.1. The summed E-state index contributed by atoms with van der Waals surface area (Å²) in [4.78, 5) is 0. The van der Waals surface area contributed by atoms with Crippen LogP contribution in [0, 0.1) is 0 Å². The predicted octanol–water partition coefficient (Wildman–Crippen LogP) is -0.365. The summed E-state index contributed by atoms with van der Waals surface area (Å²) in [7, 11) is -2.90. The van der Waals surface area contributed by atoms with E-state index in [-0.39, 0.29) is 11.5 Å². The van der Waals surface area contributed by atoms with E-state index >= 15 is 0 Å². The van der Waals surface area contributed by atoms with E-state index in [1.54, 1.807) is 0 Å². The van der Waals surface area contributed by atoms with E-state index < -0.39 is 9.84 Å². The number of nitrogens with zero attached hydrogens (tertiary/aromatic N) is 1. The van der Waals surface area contributed by atoms with Crippen molar-refractivity contribution in [1.82, 2.24) is 0 Å². The molecule has 0 aromatic carbocycles. The zero-order valence-electron chi connectivity index (χ0n) is 4.74. The summed E-state index contributed by atoms with van der Waals surface area (Å²) in [5, 5.41) is 10.9. The Balaban J connectivity index is 2.81. The minimum atomic E-state index is -2.90. The highest BCUT2D eigenvalue weighted by atomic mass is 32.2. The van der Waals surface area contributed by atoms with Crippen LogP contribution in [0.3, 0.4) is 0 Å². The third-order valence-corrected chi connectivity index (χ3v) is 2.83. The fourth-order valence-electron chi connectivity index (χ4n) is 0.750. The summed E-state index contributed by atoms with van der Waals surface area (Å²) in [5.41, 5.74) is 0.370. The molecule has 0 atom stereocenters. The molecule has 0 aromatic heterocycles. The molecule has 1 aliphatic rings. The van der Waals surface area contributed by atoms with Gasteiger partial charge in [-0.25, -0.2) is 8.42 Å². The lowest BCUT2D eigenvalue weighted by Crippen LogP contribution is -2.03. The smallest absolute Gasteiger partial charge is 0.156 e. The van der Waals surface area contributed by atoms with E-state index in [9.17, 15) is 8.42 Å².